The molecule has 0 spiro atoms. The summed E-state index contributed by atoms with van der Waals surface area (Å²) in [5.74, 6) is 0. The Morgan fingerprint density at radius 1 is 0.923 bits per heavy atom. The molecule has 0 unspecified atom stereocenters. The van der Waals surface area contributed by atoms with E-state index in [1.807, 2.05) is 0 Å². The maximum absolute atomic E-state index is 2.46. The van der Waals surface area contributed by atoms with Gasteiger partial charge in [0.2, 0.25) is 0 Å². The topological polar surface area (TPSA) is 3.24 Å². The molecule has 13 heavy (non-hydrogen) atoms. The lowest BCUT2D eigenvalue weighted by atomic mass is 9.95. The number of nitrogens with zero attached hydrogens (tertiary/aromatic N) is 1. The van der Waals surface area contributed by atoms with Crippen LogP contribution in [0.2, 0.25) is 0 Å². The molecule has 0 aliphatic heterocycles. The van der Waals surface area contributed by atoms with Crippen molar-refractivity contribution in [2.24, 2.45) is 0 Å². The lowest BCUT2D eigenvalue weighted by Crippen LogP contribution is -2.51. The van der Waals surface area contributed by atoms with E-state index < -0.39 is 0 Å². The Balaban J connectivity index is 5.01. The minimum absolute atomic E-state index is 0.189. The molecule has 1 nitrogen and oxygen atoms in total. The van der Waals surface area contributed by atoms with Gasteiger partial charge in [0.15, 0.2) is 0 Å². The van der Waals surface area contributed by atoms with Gasteiger partial charge in [0, 0.05) is 16.8 Å². The van der Waals surface area contributed by atoms with Crippen LogP contribution in [-0.4, -0.2) is 16.0 Å². The highest BCUT2D eigenvalue weighted by Gasteiger charge is 2.30. The molecule has 0 aliphatic rings. The smallest absolute Gasteiger partial charge is 0.0320 e. The lowest BCUT2D eigenvalue weighted by Gasteiger charge is -2.48. The van der Waals surface area contributed by atoms with Crippen molar-refractivity contribution in [3.63, 3.8) is 0 Å². The van der Waals surface area contributed by atoms with Gasteiger partial charge in [-0.05, 0) is 55.4 Å². The van der Waals surface area contributed by atoms with Crippen molar-refractivity contribution in [3.8, 4) is 0 Å². The molecule has 0 aromatic heterocycles. The van der Waals surface area contributed by atoms with Gasteiger partial charge in [0.25, 0.3) is 0 Å². The van der Waals surface area contributed by atoms with Crippen molar-refractivity contribution in [2.45, 2.75) is 66.5 Å². The summed E-state index contributed by atoms with van der Waals surface area (Å²) in [6.07, 6.45) is 2.18. The fraction of sp³-hybridized carbons (Fsp3) is 0.833. The van der Waals surface area contributed by atoms with Gasteiger partial charge in [-0.1, -0.05) is 6.08 Å². The number of hydrogen-bond acceptors (Lipinski definition) is 1. The molecule has 0 aromatic rings. The van der Waals surface area contributed by atoms with E-state index >= 15 is 0 Å². The first kappa shape index (κ1) is 12.5. The molecule has 0 rings (SSSR count). The van der Waals surface area contributed by atoms with Crippen LogP contribution in [0.1, 0.15) is 55.4 Å². The normalized spacial score (nSPS) is 14.6. The monoisotopic (exact) mass is 183 g/mol. The van der Waals surface area contributed by atoms with Crippen LogP contribution in [-0.2, 0) is 0 Å². The van der Waals surface area contributed by atoms with E-state index in [2.05, 4.69) is 66.4 Å². The summed E-state index contributed by atoms with van der Waals surface area (Å²) in [7, 11) is 0. The van der Waals surface area contributed by atoms with E-state index in [4.69, 9.17) is 0 Å². The maximum atomic E-state index is 2.46. The summed E-state index contributed by atoms with van der Waals surface area (Å²) >= 11 is 0. The Morgan fingerprint density at radius 3 is 1.31 bits per heavy atom. The Morgan fingerprint density at radius 2 is 1.23 bits per heavy atom. The van der Waals surface area contributed by atoms with Gasteiger partial charge in [-0.15, -0.1) is 0 Å². The molecular weight excluding hydrogens is 158 g/mol. The molecule has 0 atom stereocenters. The van der Waals surface area contributed by atoms with Gasteiger partial charge in [-0.25, -0.2) is 0 Å². The van der Waals surface area contributed by atoms with Crippen molar-refractivity contribution < 1.29 is 0 Å². The standard InChI is InChI=1S/C12H25N/c1-9-10(2)13(11(3,4)5)12(6,7)8/h9H,1-8H3. The summed E-state index contributed by atoms with van der Waals surface area (Å²) in [5.41, 5.74) is 1.73. The summed E-state index contributed by atoms with van der Waals surface area (Å²) in [5, 5.41) is 0. The minimum Gasteiger partial charge on any atom is -0.366 e. The second-order valence-electron chi connectivity index (χ2n) is 5.61. The van der Waals surface area contributed by atoms with Crippen LogP contribution in [0, 0.1) is 0 Å². The maximum Gasteiger partial charge on any atom is 0.0320 e. The van der Waals surface area contributed by atoms with Crippen LogP contribution in [0.3, 0.4) is 0 Å². The lowest BCUT2D eigenvalue weighted by molar-refractivity contribution is 0.0793. The quantitative estimate of drug-likeness (QED) is 0.597. The summed E-state index contributed by atoms with van der Waals surface area (Å²) in [6, 6.07) is 0. The predicted octanol–water partition coefficient (Wildman–Crippen LogP) is 3.81. The molecular formula is C12H25N. The highest BCUT2D eigenvalue weighted by Crippen LogP contribution is 2.29. The number of hydrogen-bond donors (Lipinski definition) is 0. The van der Waals surface area contributed by atoms with Crippen molar-refractivity contribution in [2.75, 3.05) is 0 Å². The van der Waals surface area contributed by atoms with Gasteiger partial charge in [0.05, 0.1) is 0 Å². The van der Waals surface area contributed by atoms with Gasteiger partial charge in [-0.2, -0.15) is 0 Å². The van der Waals surface area contributed by atoms with E-state index in [1.54, 1.807) is 0 Å². The van der Waals surface area contributed by atoms with Gasteiger partial charge in [-0.3, -0.25) is 0 Å². The summed E-state index contributed by atoms with van der Waals surface area (Å²) < 4.78 is 0. The summed E-state index contributed by atoms with van der Waals surface area (Å²) in [4.78, 5) is 2.46. The molecule has 0 aliphatic carbocycles. The predicted molar refractivity (Wildman–Crippen MR) is 60.8 cm³/mol. The number of rotatable bonds is 1. The zero-order chi connectivity index (χ0) is 10.9. The van der Waals surface area contributed by atoms with Crippen molar-refractivity contribution in [3.05, 3.63) is 11.8 Å². The molecule has 1 heteroatoms. The van der Waals surface area contributed by atoms with Crippen LogP contribution in [0.25, 0.3) is 0 Å². The van der Waals surface area contributed by atoms with Crippen LogP contribution >= 0.6 is 0 Å². The molecule has 0 fully saturated rings. The third kappa shape index (κ3) is 3.41. The first-order valence-electron chi connectivity index (χ1n) is 5.04. The molecule has 0 amide bonds. The third-order valence-electron chi connectivity index (χ3n) is 2.11. The van der Waals surface area contributed by atoms with Gasteiger partial charge < -0.3 is 4.90 Å². The number of allylic oxidation sites excluding steroid dienone is 2. The minimum atomic E-state index is 0.189. The molecule has 0 N–H and O–H groups in total. The largest absolute Gasteiger partial charge is 0.366 e. The third-order valence-corrected chi connectivity index (χ3v) is 2.11. The van der Waals surface area contributed by atoms with Crippen LogP contribution in [0.4, 0.5) is 0 Å². The fourth-order valence-corrected chi connectivity index (χ4v) is 2.19. The highest BCUT2D eigenvalue weighted by molar-refractivity contribution is 5.05. The first-order chi connectivity index (χ1) is 5.60. The molecule has 0 saturated carbocycles. The van der Waals surface area contributed by atoms with E-state index in [1.165, 1.54) is 5.70 Å². The Hall–Kier alpha value is -0.460. The highest BCUT2D eigenvalue weighted by atomic mass is 15.2. The molecule has 0 bridgehead atoms. The van der Waals surface area contributed by atoms with E-state index in [-0.39, 0.29) is 11.1 Å². The van der Waals surface area contributed by atoms with Crippen LogP contribution in [0.5, 0.6) is 0 Å². The zero-order valence-electron chi connectivity index (χ0n) is 10.5. The van der Waals surface area contributed by atoms with Gasteiger partial charge >= 0.3 is 0 Å². The molecule has 0 saturated heterocycles. The van der Waals surface area contributed by atoms with E-state index in [0.717, 1.165) is 0 Å². The Labute approximate surface area is 83.8 Å². The first-order valence-corrected chi connectivity index (χ1v) is 5.04. The molecule has 0 heterocycles. The molecule has 0 radical (unpaired) electrons. The van der Waals surface area contributed by atoms with Crippen molar-refractivity contribution in [1.29, 1.82) is 0 Å². The molecule has 0 aromatic carbocycles. The second kappa shape index (κ2) is 3.73. The molecule has 78 valence electrons. The van der Waals surface area contributed by atoms with E-state index in [9.17, 15) is 0 Å². The average molecular weight is 183 g/mol. The van der Waals surface area contributed by atoms with Crippen LogP contribution in [0.15, 0.2) is 11.8 Å². The Kier molecular flexibility index (Phi) is 3.60. The van der Waals surface area contributed by atoms with Crippen molar-refractivity contribution >= 4 is 0 Å². The SMILES string of the molecule is CC=C(C)N(C(C)(C)C)C(C)(C)C. The van der Waals surface area contributed by atoms with E-state index in [0.29, 0.717) is 0 Å². The van der Waals surface area contributed by atoms with Crippen molar-refractivity contribution in [1.82, 2.24) is 4.90 Å². The fourth-order valence-electron chi connectivity index (χ4n) is 2.19. The Bertz CT molecular complexity index is 174. The van der Waals surface area contributed by atoms with Crippen LogP contribution < -0.4 is 0 Å². The average Bonchev–Trinajstić information content (AvgIpc) is 1.80. The second-order valence-corrected chi connectivity index (χ2v) is 5.61. The zero-order valence-corrected chi connectivity index (χ0v) is 10.5. The summed E-state index contributed by atoms with van der Waals surface area (Å²) in [6.45, 7) is 17.8. The van der Waals surface area contributed by atoms with Gasteiger partial charge in [0.1, 0.15) is 0 Å².